The summed E-state index contributed by atoms with van der Waals surface area (Å²) in [4.78, 5) is 5.45. The minimum absolute atomic E-state index is 0.716. The fourth-order valence-electron chi connectivity index (χ4n) is 0.781. The van der Waals surface area contributed by atoms with Gasteiger partial charge in [-0.1, -0.05) is 6.92 Å². The zero-order valence-electron chi connectivity index (χ0n) is 6.96. The lowest BCUT2D eigenvalue weighted by atomic mass is 10.5. The molecule has 11 heavy (non-hydrogen) atoms. The van der Waals surface area contributed by atoms with E-state index in [1.165, 1.54) is 9.88 Å². The first-order chi connectivity index (χ1) is 5.36. The molecule has 0 aromatic carbocycles. The molecule has 0 aliphatic heterocycles. The van der Waals surface area contributed by atoms with Crippen molar-refractivity contribution in [2.45, 2.75) is 26.9 Å². The number of aromatic nitrogens is 1. The highest BCUT2D eigenvalue weighted by Gasteiger charge is 1.98. The average Bonchev–Trinajstić information content (AvgIpc) is 2.48. The van der Waals surface area contributed by atoms with Crippen LogP contribution in [-0.4, -0.2) is 11.6 Å². The minimum Gasteiger partial charge on any atom is -0.376 e. The molecule has 2 nitrogen and oxygen atoms in total. The fraction of sp³-hybridized carbons (Fsp3) is 0.625. The van der Waals surface area contributed by atoms with E-state index < -0.39 is 0 Å². The zero-order chi connectivity index (χ0) is 8.10. The summed E-state index contributed by atoms with van der Waals surface area (Å²) in [6.45, 7) is 5.61. The van der Waals surface area contributed by atoms with Crippen molar-refractivity contribution in [2.75, 3.05) is 6.61 Å². The second-order valence-corrected chi connectivity index (χ2v) is 3.41. The Bertz CT molecular complexity index is 210. The van der Waals surface area contributed by atoms with Crippen molar-refractivity contribution >= 4 is 11.3 Å². The molecule has 1 rings (SSSR count). The molecule has 1 aromatic heterocycles. The van der Waals surface area contributed by atoms with Crippen molar-refractivity contribution in [3.8, 4) is 0 Å². The van der Waals surface area contributed by atoms with Crippen LogP contribution in [0.3, 0.4) is 0 Å². The van der Waals surface area contributed by atoms with Gasteiger partial charge < -0.3 is 4.74 Å². The van der Waals surface area contributed by atoms with Crippen LogP contribution < -0.4 is 0 Å². The summed E-state index contributed by atoms with van der Waals surface area (Å²) in [5.74, 6) is 0. The number of aryl methyl sites for hydroxylation is 1. The SMILES string of the molecule is CCOCc1cnc(CC)s1. The number of thiazole rings is 1. The summed E-state index contributed by atoms with van der Waals surface area (Å²) >= 11 is 1.74. The lowest BCUT2D eigenvalue weighted by molar-refractivity contribution is 0.136. The van der Waals surface area contributed by atoms with Crippen molar-refractivity contribution in [1.82, 2.24) is 4.98 Å². The Morgan fingerprint density at radius 2 is 2.36 bits per heavy atom. The molecule has 0 N–H and O–H groups in total. The second kappa shape index (κ2) is 4.46. The van der Waals surface area contributed by atoms with Crippen molar-refractivity contribution in [2.24, 2.45) is 0 Å². The van der Waals surface area contributed by atoms with E-state index in [9.17, 15) is 0 Å². The van der Waals surface area contributed by atoms with Gasteiger partial charge in [0.2, 0.25) is 0 Å². The first-order valence-corrected chi connectivity index (χ1v) is 4.69. The number of hydrogen-bond donors (Lipinski definition) is 0. The molecule has 62 valence electrons. The molecule has 0 unspecified atom stereocenters. The van der Waals surface area contributed by atoms with E-state index in [2.05, 4.69) is 11.9 Å². The highest BCUT2D eigenvalue weighted by Crippen LogP contribution is 2.13. The van der Waals surface area contributed by atoms with Gasteiger partial charge in [0, 0.05) is 12.8 Å². The van der Waals surface area contributed by atoms with Crippen LogP contribution in [0.5, 0.6) is 0 Å². The molecule has 0 bridgehead atoms. The highest BCUT2D eigenvalue weighted by atomic mass is 32.1. The van der Waals surface area contributed by atoms with Gasteiger partial charge in [0.25, 0.3) is 0 Å². The number of ether oxygens (including phenoxy) is 1. The molecule has 0 aliphatic rings. The van der Waals surface area contributed by atoms with Gasteiger partial charge in [-0.3, -0.25) is 0 Å². The number of hydrogen-bond acceptors (Lipinski definition) is 3. The summed E-state index contributed by atoms with van der Waals surface area (Å²) in [5, 5.41) is 1.19. The summed E-state index contributed by atoms with van der Waals surface area (Å²) in [5.41, 5.74) is 0. The maximum Gasteiger partial charge on any atom is 0.0925 e. The van der Waals surface area contributed by atoms with E-state index in [1.54, 1.807) is 11.3 Å². The smallest absolute Gasteiger partial charge is 0.0925 e. The molecule has 0 atom stereocenters. The van der Waals surface area contributed by atoms with E-state index in [1.807, 2.05) is 13.1 Å². The molecule has 0 fully saturated rings. The second-order valence-electron chi connectivity index (χ2n) is 2.21. The van der Waals surface area contributed by atoms with Gasteiger partial charge in [-0.05, 0) is 13.3 Å². The molecular formula is C8H13NOS. The normalized spacial score (nSPS) is 10.4. The van der Waals surface area contributed by atoms with Crippen LogP contribution in [0.25, 0.3) is 0 Å². The molecule has 0 saturated carbocycles. The van der Waals surface area contributed by atoms with Crippen LogP contribution in [0.2, 0.25) is 0 Å². The molecule has 0 radical (unpaired) electrons. The van der Waals surface area contributed by atoms with Gasteiger partial charge in [-0.15, -0.1) is 11.3 Å². The molecule has 3 heteroatoms. The summed E-state index contributed by atoms with van der Waals surface area (Å²) in [6.07, 6.45) is 2.93. The summed E-state index contributed by atoms with van der Waals surface area (Å²) in [7, 11) is 0. The van der Waals surface area contributed by atoms with Crippen LogP contribution in [0.4, 0.5) is 0 Å². The Hall–Kier alpha value is -0.410. The maximum absolute atomic E-state index is 5.25. The minimum atomic E-state index is 0.716. The third-order valence-corrected chi connectivity index (χ3v) is 2.47. The molecule has 0 saturated heterocycles. The van der Waals surface area contributed by atoms with Crippen molar-refractivity contribution in [3.05, 3.63) is 16.1 Å². The van der Waals surface area contributed by atoms with Gasteiger partial charge in [0.05, 0.1) is 16.5 Å². The van der Waals surface area contributed by atoms with Crippen molar-refractivity contribution < 1.29 is 4.74 Å². The van der Waals surface area contributed by atoms with Crippen LogP contribution in [0.15, 0.2) is 6.20 Å². The highest BCUT2D eigenvalue weighted by molar-refractivity contribution is 7.11. The van der Waals surface area contributed by atoms with E-state index >= 15 is 0 Å². The Morgan fingerprint density at radius 1 is 1.55 bits per heavy atom. The van der Waals surface area contributed by atoms with Crippen LogP contribution in [0.1, 0.15) is 23.7 Å². The maximum atomic E-state index is 5.25. The molecule has 0 spiro atoms. The summed E-state index contributed by atoms with van der Waals surface area (Å²) in [6, 6.07) is 0. The van der Waals surface area contributed by atoms with E-state index in [4.69, 9.17) is 4.74 Å². The predicted octanol–water partition coefficient (Wildman–Crippen LogP) is 2.24. The van der Waals surface area contributed by atoms with Crippen molar-refractivity contribution in [3.63, 3.8) is 0 Å². The average molecular weight is 171 g/mol. The fourth-order valence-corrected chi connectivity index (χ4v) is 1.58. The molecule has 1 aromatic rings. The van der Waals surface area contributed by atoms with E-state index in [-0.39, 0.29) is 0 Å². The zero-order valence-corrected chi connectivity index (χ0v) is 7.78. The van der Waals surface area contributed by atoms with Gasteiger partial charge in [0.15, 0.2) is 0 Å². The summed E-state index contributed by atoms with van der Waals surface area (Å²) < 4.78 is 5.25. The van der Waals surface area contributed by atoms with E-state index in [0.717, 1.165) is 13.0 Å². The molecule has 0 aliphatic carbocycles. The largest absolute Gasteiger partial charge is 0.376 e. The van der Waals surface area contributed by atoms with E-state index in [0.29, 0.717) is 6.61 Å². The van der Waals surface area contributed by atoms with Crippen LogP contribution >= 0.6 is 11.3 Å². The van der Waals surface area contributed by atoms with Crippen LogP contribution in [0, 0.1) is 0 Å². The first-order valence-electron chi connectivity index (χ1n) is 3.88. The number of rotatable bonds is 4. The lowest BCUT2D eigenvalue weighted by Crippen LogP contribution is -1.87. The van der Waals surface area contributed by atoms with Gasteiger partial charge in [-0.2, -0.15) is 0 Å². The topological polar surface area (TPSA) is 22.1 Å². The Balaban J connectivity index is 2.44. The van der Waals surface area contributed by atoms with Gasteiger partial charge >= 0.3 is 0 Å². The van der Waals surface area contributed by atoms with Gasteiger partial charge in [-0.25, -0.2) is 4.98 Å². The monoisotopic (exact) mass is 171 g/mol. The third kappa shape index (κ3) is 2.60. The molecular weight excluding hydrogens is 158 g/mol. The predicted molar refractivity (Wildman–Crippen MR) is 46.8 cm³/mol. The van der Waals surface area contributed by atoms with Crippen molar-refractivity contribution in [1.29, 1.82) is 0 Å². The molecule has 1 heterocycles. The Morgan fingerprint density at radius 3 is 2.91 bits per heavy atom. The third-order valence-electron chi connectivity index (χ3n) is 1.35. The first kappa shape index (κ1) is 8.68. The van der Waals surface area contributed by atoms with Gasteiger partial charge in [0.1, 0.15) is 0 Å². The standard InChI is InChI=1S/C8H13NOS/c1-3-8-9-5-7(11-8)6-10-4-2/h5H,3-4,6H2,1-2H3. The molecule has 0 amide bonds. The number of nitrogens with zero attached hydrogens (tertiary/aromatic N) is 1. The Kier molecular flexibility index (Phi) is 3.52. The van der Waals surface area contributed by atoms with Crippen LogP contribution in [-0.2, 0) is 17.8 Å². The quantitative estimate of drug-likeness (QED) is 0.693. The Labute approximate surface area is 71.2 Å². The lowest BCUT2D eigenvalue weighted by Gasteiger charge is -1.94.